The fourth-order valence-corrected chi connectivity index (χ4v) is 4.22. The van der Waals surface area contributed by atoms with E-state index in [0.717, 1.165) is 45.3 Å². The number of hydrogen-bond acceptors (Lipinski definition) is 2. The maximum Gasteiger partial charge on any atom is 0.240 e. The summed E-state index contributed by atoms with van der Waals surface area (Å²) in [5, 5.41) is 3.08. The monoisotopic (exact) mass is 320 g/mol. The molecule has 0 saturated carbocycles. The number of nitrogens with zero attached hydrogens (tertiary/aromatic N) is 1. The molecule has 1 amide bonds. The highest BCUT2D eigenvalue weighted by Gasteiger charge is 2.47. The number of nitrogens with one attached hydrogen (secondary N) is 1. The van der Waals surface area contributed by atoms with Crippen LogP contribution in [0, 0.1) is 0 Å². The van der Waals surface area contributed by atoms with Gasteiger partial charge in [-0.1, -0.05) is 54.6 Å². The Hall–Kier alpha value is -2.13. The first kappa shape index (κ1) is 15.4. The van der Waals surface area contributed by atoms with Crippen LogP contribution in [0.15, 0.2) is 54.6 Å². The standard InChI is InChI=1S/C21H24N2O/c24-20-21(12-4-14-22-20)13-5-15-23(21)16-17-8-10-19(11-9-17)18-6-2-1-3-7-18/h1-3,6-11H,4-5,12-16H2,(H,22,24). The molecule has 4 rings (SSSR count). The lowest BCUT2D eigenvalue weighted by atomic mass is 9.86. The first-order valence-corrected chi connectivity index (χ1v) is 8.96. The van der Waals surface area contributed by atoms with Crippen LogP contribution in [0.4, 0.5) is 0 Å². The molecule has 1 unspecified atom stereocenters. The van der Waals surface area contributed by atoms with Crippen molar-refractivity contribution in [2.75, 3.05) is 13.1 Å². The molecule has 2 aromatic rings. The topological polar surface area (TPSA) is 32.3 Å². The Morgan fingerprint density at radius 2 is 1.62 bits per heavy atom. The normalized spacial score (nSPS) is 24.2. The van der Waals surface area contributed by atoms with E-state index in [1.807, 2.05) is 6.07 Å². The number of amides is 1. The van der Waals surface area contributed by atoms with E-state index in [9.17, 15) is 4.79 Å². The molecule has 2 heterocycles. The van der Waals surface area contributed by atoms with Crippen molar-refractivity contribution in [3.05, 3.63) is 60.2 Å². The molecule has 2 aliphatic heterocycles. The Labute approximate surface area is 143 Å². The number of piperidine rings is 1. The van der Waals surface area contributed by atoms with Crippen molar-refractivity contribution < 1.29 is 4.79 Å². The fraction of sp³-hybridized carbons (Fsp3) is 0.381. The lowest BCUT2D eigenvalue weighted by Gasteiger charge is -2.40. The average molecular weight is 320 g/mol. The zero-order valence-corrected chi connectivity index (χ0v) is 14.0. The molecule has 24 heavy (non-hydrogen) atoms. The van der Waals surface area contributed by atoms with Crippen molar-refractivity contribution >= 4 is 5.91 Å². The van der Waals surface area contributed by atoms with Crippen LogP contribution in [0.25, 0.3) is 11.1 Å². The second-order valence-corrected chi connectivity index (χ2v) is 6.98. The molecule has 2 aromatic carbocycles. The lowest BCUT2D eigenvalue weighted by Crippen LogP contribution is -2.58. The molecule has 3 nitrogen and oxygen atoms in total. The van der Waals surface area contributed by atoms with E-state index >= 15 is 0 Å². The third-order valence-corrected chi connectivity index (χ3v) is 5.53. The first-order valence-electron chi connectivity index (χ1n) is 8.96. The molecular formula is C21H24N2O. The van der Waals surface area contributed by atoms with Crippen molar-refractivity contribution in [1.82, 2.24) is 10.2 Å². The van der Waals surface area contributed by atoms with Gasteiger partial charge in [-0.05, 0) is 48.9 Å². The highest BCUT2D eigenvalue weighted by molar-refractivity contribution is 5.87. The number of carbonyl (C=O) groups is 1. The van der Waals surface area contributed by atoms with Gasteiger partial charge in [0.1, 0.15) is 5.54 Å². The maximum absolute atomic E-state index is 12.5. The lowest BCUT2D eigenvalue weighted by molar-refractivity contribution is -0.134. The zero-order valence-electron chi connectivity index (χ0n) is 14.0. The van der Waals surface area contributed by atoms with Crippen LogP contribution in [0.1, 0.15) is 31.2 Å². The van der Waals surface area contributed by atoms with Crippen molar-refractivity contribution in [1.29, 1.82) is 0 Å². The summed E-state index contributed by atoms with van der Waals surface area (Å²) in [6.07, 6.45) is 4.21. The summed E-state index contributed by atoms with van der Waals surface area (Å²) in [7, 11) is 0. The van der Waals surface area contributed by atoms with Crippen LogP contribution in [-0.4, -0.2) is 29.4 Å². The zero-order chi connectivity index (χ0) is 16.4. The van der Waals surface area contributed by atoms with Gasteiger partial charge in [0.15, 0.2) is 0 Å². The quantitative estimate of drug-likeness (QED) is 0.937. The Balaban J connectivity index is 1.52. The summed E-state index contributed by atoms with van der Waals surface area (Å²) in [5.41, 5.74) is 3.52. The largest absolute Gasteiger partial charge is 0.354 e. The SMILES string of the molecule is O=C1NCCCC12CCCN2Cc1ccc(-c2ccccc2)cc1. The molecule has 2 aliphatic rings. The van der Waals surface area contributed by atoms with E-state index in [1.54, 1.807) is 0 Å². The van der Waals surface area contributed by atoms with E-state index in [2.05, 4.69) is 58.7 Å². The summed E-state index contributed by atoms with van der Waals surface area (Å²) in [5.74, 6) is 0.243. The summed E-state index contributed by atoms with van der Waals surface area (Å²) in [6, 6.07) is 19.2. The van der Waals surface area contributed by atoms with Crippen molar-refractivity contribution in [3.8, 4) is 11.1 Å². The molecule has 0 aliphatic carbocycles. The third-order valence-electron chi connectivity index (χ3n) is 5.53. The predicted octanol–water partition coefficient (Wildman–Crippen LogP) is 3.60. The van der Waals surface area contributed by atoms with Gasteiger partial charge in [-0.2, -0.15) is 0 Å². The van der Waals surface area contributed by atoms with E-state index in [4.69, 9.17) is 0 Å². The summed E-state index contributed by atoms with van der Waals surface area (Å²) < 4.78 is 0. The van der Waals surface area contributed by atoms with Crippen molar-refractivity contribution in [3.63, 3.8) is 0 Å². The van der Waals surface area contributed by atoms with Gasteiger partial charge >= 0.3 is 0 Å². The average Bonchev–Trinajstić information content (AvgIpc) is 3.02. The van der Waals surface area contributed by atoms with Gasteiger partial charge in [0.25, 0.3) is 0 Å². The number of hydrogen-bond donors (Lipinski definition) is 1. The second kappa shape index (κ2) is 6.40. The van der Waals surface area contributed by atoms with Crippen LogP contribution >= 0.6 is 0 Å². The highest BCUT2D eigenvalue weighted by atomic mass is 16.2. The Morgan fingerprint density at radius 3 is 2.38 bits per heavy atom. The van der Waals surface area contributed by atoms with Crippen LogP contribution in [0.2, 0.25) is 0 Å². The minimum atomic E-state index is -0.254. The molecule has 3 heteroatoms. The van der Waals surface area contributed by atoms with Crippen molar-refractivity contribution in [2.24, 2.45) is 0 Å². The van der Waals surface area contributed by atoms with Gasteiger partial charge in [-0.15, -0.1) is 0 Å². The van der Waals surface area contributed by atoms with Gasteiger partial charge in [-0.25, -0.2) is 0 Å². The van der Waals surface area contributed by atoms with Gasteiger partial charge < -0.3 is 5.32 Å². The smallest absolute Gasteiger partial charge is 0.240 e. The summed E-state index contributed by atoms with van der Waals surface area (Å²) in [4.78, 5) is 14.9. The molecule has 0 aromatic heterocycles. The summed E-state index contributed by atoms with van der Waals surface area (Å²) in [6.45, 7) is 2.72. The molecule has 124 valence electrons. The number of likely N-dealkylation sites (tertiary alicyclic amines) is 1. The minimum Gasteiger partial charge on any atom is -0.354 e. The molecule has 1 atom stereocenters. The number of rotatable bonds is 3. The molecular weight excluding hydrogens is 296 g/mol. The highest BCUT2D eigenvalue weighted by Crippen LogP contribution is 2.36. The molecule has 0 radical (unpaired) electrons. The fourth-order valence-electron chi connectivity index (χ4n) is 4.22. The van der Waals surface area contributed by atoms with E-state index in [-0.39, 0.29) is 11.4 Å². The van der Waals surface area contributed by atoms with Gasteiger partial charge in [-0.3, -0.25) is 9.69 Å². The Morgan fingerprint density at radius 1 is 0.917 bits per heavy atom. The van der Waals surface area contributed by atoms with Gasteiger partial charge in [0, 0.05) is 13.1 Å². The predicted molar refractivity (Wildman–Crippen MR) is 96.5 cm³/mol. The van der Waals surface area contributed by atoms with Crippen LogP contribution in [0.5, 0.6) is 0 Å². The minimum absolute atomic E-state index is 0.243. The van der Waals surface area contributed by atoms with Crippen LogP contribution in [0.3, 0.4) is 0 Å². The Bertz CT molecular complexity index is 710. The molecule has 1 N–H and O–H groups in total. The molecule has 2 fully saturated rings. The van der Waals surface area contributed by atoms with Crippen LogP contribution < -0.4 is 5.32 Å². The summed E-state index contributed by atoms with van der Waals surface area (Å²) >= 11 is 0. The van der Waals surface area contributed by atoms with E-state index in [1.165, 1.54) is 16.7 Å². The van der Waals surface area contributed by atoms with E-state index in [0.29, 0.717) is 0 Å². The van der Waals surface area contributed by atoms with E-state index < -0.39 is 0 Å². The molecule has 1 spiro atoms. The first-order chi connectivity index (χ1) is 11.8. The van der Waals surface area contributed by atoms with Crippen LogP contribution in [-0.2, 0) is 11.3 Å². The van der Waals surface area contributed by atoms with Gasteiger partial charge in [0.2, 0.25) is 5.91 Å². The van der Waals surface area contributed by atoms with Gasteiger partial charge in [0.05, 0.1) is 0 Å². The molecule has 2 saturated heterocycles. The number of benzene rings is 2. The maximum atomic E-state index is 12.5. The third kappa shape index (κ3) is 2.73. The molecule has 0 bridgehead atoms. The Kier molecular flexibility index (Phi) is 4.11. The second-order valence-electron chi connectivity index (χ2n) is 6.98. The number of carbonyl (C=O) groups excluding carboxylic acids is 1. The van der Waals surface area contributed by atoms with Crippen molar-refractivity contribution in [2.45, 2.75) is 37.8 Å².